The minimum absolute atomic E-state index is 0.0385. The van der Waals surface area contributed by atoms with Crippen LogP contribution >= 0.6 is 0 Å². The molecular formula is C34H39FN2O6. The van der Waals surface area contributed by atoms with Gasteiger partial charge in [0, 0.05) is 35.7 Å². The Hall–Kier alpha value is -3.11. The highest BCUT2D eigenvalue weighted by Gasteiger charge is 2.79. The number of nitrogen functional groups attached to an aromatic ring is 1. The quantitative estimate of drug-likeness (QED) is 0.452. The molecule has 228 valence electrons. The summed E-state index contributed by atoms with van der Waals surface area (Å²) in [4.78, 5) is 25.9. The van der Waals surface area contributed by atoms with Gasteiger partial charge < -0.3 is 30.0 Å². The van der Waals surface area contributed by atoms with Gasteiger partial charge >= 0.3 is 0 Å². The number of allylic oxidation sites excluding steroid dienone is 4. The Morgan fingerprint density at radius 1 is 1.19 bits per heavy atom. The van der Waals surface area contributed by atoms with Gasteiger partial charge in [0.15, 0.2) is 22.8 Å². The standard InChI is InChI=1S/C34H39FN2O6/c1-31-11-10-23(39)14-21(31)6-9-24-25-15-29-34(28(41)18-38,32(25,2)16-27(40)33(24,31)35)43-30(42-29)26-13-20(17-37(26)3)12-19-4-7-22(36)8-5-19/h4-5,7-8,10-11,13-14,17,24-25,27,29-30,38,40H,6,9,12,15-16,18,36H2,1-3H3/t24-,25-,27-,29+,30+,31-,32-,33-,34+/m0/s1. The fourth-order valence-corrected chi connectivity index (χ4v) is 9.56. The normalized spacial score (nSPS) is 41.3. The number of hydrogen-bond acceptors (Lipinski definition) is 7. The number of Topliss-reactive ketones (excluding diaryl/α,β-unsaturated/α-hetero) is 1. The van der Waals surface area contributed by atoms with Crippen molar-refractivity contribution in [1.29, 1.82) is 0 Å². The van der Waals surface area contributed by atoms with Crippen LogP contribution in [0.25, 0.3) is 0 Å². The van der Waals surface area contributed by atoms with Crippen LogP contribution in [0.5, 0.6) is 0 Å². The van der Waals surface area contributed by atoms with Crippen LogP contribution in [0.15, 0.2) is 60.3 Å². The molecule has 1 saturated heterocycles. The second kappa shape index (κ2) is 9.44. The van der Waals surface area contributed by atoms with Crippen molar-refractivity contribution in [2.24, 2.45) is 29.7 Å². The van der Waals surface area contributed by atoms with Gasteiger partial charge in [-0.1, -0.05) is 30.7 Å². The maximum Gasteiger partial charge on any atom is 0.200 e. The number of aliphatic hydroxyl groups is 2. The van der Waals surface area contributed by atoms with Crippen molar-refractivity contribution in [2.75, 3.05) is 12.3 Å². The number of fused-ring (bicyclic) bond motifs is 7. The van der Waals surface area contributed by atoms with E-state index in [1.165, 1.54) is 12.2 Å². The van der Waals surface area contributed by atoms with Crippen LogP contribution in [-0.2, 0) is 32.5 Å². The Labute approximate surface area is 250 Å². The summed E-state index contributed by atoms with van der Waals surface area (Å²) >= 11 is 0. The first-order valence-electron chi connectivity index (χ1n) is 15.2. The summed E-state index contributed by atoms with van der Waals surface area (Å²) in [5.41, 5.74) is 4.40. The lowest BCUT2D eigenvalue weighted by Gasteiger charge is -2.62. The fourth-order valence-electron chi connectivity index (χ4n) is 9.56. The number of ether oxygens (including phenoxy) is 2. The average Bonchev–Trinajstić information content (AvgIpc) is 3.60. The molecular weight excluding hydrogens is 551 g/mol. The zero-order chi connectivity index (χ0) is 30.5. The average molecular weight is 591 g/mol. The Kier molecular flexibility index (Phi) is 6.29. The number of carbonyl (C=O) groups is 2. The molecule has 0 radical (unpaired) electrons. The molecule has 4 fully saturated rings. The van der Waals surface area contributed by atoms with Crippen LogP contribution in [0.4, 0.5) is 10.1 Å². The first-order valence-corrected chi connectivity index (χ1v) is 15.2. The third-order valence-corrected chi connectivity index (χ3v) is 11.7. The molecule has 3 saturated carbocycles. The molecule has 1 aliphatic heterocycles. The number of aryl methyl sites for hydroxylation is 1. The lowest BCUT2D eigenvalue weighted by Crippen LogP contribution is -2.69. The third kappa shape index (κ3) is 3.68. The first kappa shape index (κ1) is 28.6. The maximum absolute atomic E-state index is 17.6. The van der Waals surface area contributed by atoms with Crippen molar-refractivity contribution in [3.05, 3.63) is 77.2 Å². The van der Waals surface area contributed by atoms with Gasteiger partial charge in [0.25, 0.3) is 0 Å². The molecule has 1 aromatic carbocycles. The minimum atomic E-state index is -2.03. The van der Waals surface area contributed by atoms with Crippen molar-refractivity contribution in [2.45, 2.75) is 75.7 Å². The minimum Gasteiger partial charge on any atom is -0.399 e. The van der Waals surface area contributed by atoms with Gasteiger partial charge in [0.1, 0.15) is 6.61 Å². The topological polar surface area (TPSA) is 124 Å². The summed E-state index contributed by atoms with van der Waals surface area (Å²) in [6, 6.07) is 9.69. The van der Waals surface area contributed by atoms with E-state index in [-0.39, 0.29) is 18.1 Å². The highest BCUT2D eigenvalue weighted by Crippen LogP contribution is 2.72. The SMILES string of the molecule is Cn1cc(Cc2ccc(N)cc2)cc1[C@@H]1O[C@@H]2C[C@H]3[C@@H]4CCC5=CC(=O)C=C[C@]5(C)[C@@]4(F)[C@@H](O)C[C@]3(C)[C@]2(C(=O)CO)O1. The third-order valence-electron chi connectivity index (χ3n) is 11.7. The van der Waals surface area contributed by atoms with Gasteiger partial charge in [0.05, 0.1) is 17.9 Å². The van der Waals surface area contributed by atoms with Crippen molar-refractivity contribution in [1.82, 2.24) is 4.57 Å². The molecule has 0 spiro atoms. The number of carbonyl (C=O) groups excluding carboxylic acids is 2. The molecule has 2 aromatic rings. The van der Waals surface area contributed by atoms with E-state index < -0.39 is 58.9 Å². The number of halogens is 1. The molecule has 5 aliphatic rings. The molecule has 43 heavy (non-hydrogen) atoms. The number of nitrogens with zero attached hydrogens (tertiary/aromatic N) is 1. The predicted molar refractivity (Wildman–Crippen MR) is 156 cm³/mol. The largest absolute Gasteiger partial charge is 0.399 e. The Bertz CT molecular complexity index is 1560. The Balaban J connectivity index is 1.23. The van der Waals surface area contributed by atoms with Gasteiger partial charge in [-0.25, -0.2) is 4.39 Å². The monoisotopic (exact) mass is 590 g/mol. The molecule has 4 N–H and O–H groups in total. The molecule has 8 nitrogen and oxygen atoms in total. The van der Waals surface area contributed by atoms with E-state index in [9.17, 15) is 19.8 Å². The van der Waals surface area contributed by atoms with Crippen molar-refractivity contribution >= 4 is 17.3 Å². The van der Waals surface area contributed by atoms with Crippen LogP contribution in [-0.4, -0.2) is 56.4 Å². The lowest BCUT2D eigenvalue weighted by molar-refractivity contribution is -0.232. The van der Waals surface area contributed by atoms with E-state index in [1.54, 1.807) is 13.0 Å². The van der Waals surface area contributed by atoms with Gasteiger partial charge in [0.2, 0.25) is 6.29 Å². The van der Waals surface area contributed by atoms with Crippen LogP contribution < -0.4 is 5.73 Å². The summed E-state index contributed by atoms with van der Waals surface area (Å²) in [7, 11) is 1.89. The maximum atomic E-state index is 17.6. The molecule has 0 amide bonds. The number of alkyl halides is 1. The molecule has 1 aromatic heterocycles. The lowest BCUT2D eigenvalue weighted by atomic mass is 9.44. The number of ketones is 2. The number of anilines is 1. The van der Waals surface area contributed by atoms with E-state index in [0.717, 1.165) is 16.8 Å². The van der Waals surface area contributed by atoms with Crippen LogP contribution in [0.2, 0.25) is 0 Å². The van der Waals surface area contributed by atoms with E-state index in [1.807, 2.05) is 55.1 Å². The number of benzene rings is 1. The molecule has 4 aliphatic carbocycles. The first-order chi connectivity index (χ1) is 20.4. The number of rotatable bonds is 5. The Morgan fingerprint density at radius 3 is 2.65 bits per heavy atom. The van der Waals surface area contributed by atoms with Crippen LogP contribution in [0, 0.1) is 22.7 Å². The predicted octanol–water partition coefficient (Wildman–Crippen LogP) is 3.89. The van der Waals surface area contributed by atoms with Gasteiger partial charge in [-0.3, -0.25) is 9.59 Å². The number of aromatic nitrogens is 1. The van der Waals surface area contributed by atoms with E-state index in [0.29, 0.717) is 36.9 Å². The Morgan fingerprint density at radius 2 is 1.93 bits per heavy atom. The van der Waals surface area contributed by atoms with Gasteiger partial charge in [-0.2, -0.15) is 0 Å². The van der Waals surface area contributed by atoms with Crippen LogP contribution in [0.3, 0.4) is 0 Å². The molecule has 0 bridgehead atoms. The van der Waals surface area contributed by atoms with E-state index >= 15 is 4.39 Å². The molecule has 7 rings (SSSR count). The molecule has 9 heteroatoms. The van der Waals surface area contributed by atoms with Crippen molar-refractivity contribution in [3.63, 3.8) is 0 Å². The second-order valence-corrected chi connectivity index (χ2v) is 13.7. The molecule has 2 heterocycles. The molecule has 0 unspecified atom stereocenters. The van der Waals surface area contributed by atoms with E-state index in [4.69, 9.17) is 15.2 Å². The van der Waals surface area contributed by atoms with Crippen molar-refractivity contribution < 1.29 is 33.7 Å². The highest BCUT2D eigenvalue weighted by atomic mass is 19.1. The summed E-state index contributed by atoms with van der Waals surface area (Å²) in [5.74, 6) is -1.62. The summed E-state index contributed by atoms with van der Waals surface area (Å²) < 4.78 is 32.7. The number of nitrogens with two attached hydrogens (primary N) is 1. The summed E-state index contributed by atoms with van der Waals surface area (Å²) in [6.45, 7) is 2.91. The summed E-state index contributed by atoms with van der Waals surface area (Å²) in [6.07, 6.45) is 5.47. The van der Waals surface area contributed by atoms with E-state index in [2.05, 4.69) is 0 Å². The van der Waals surface area contributed by atoms with Gasteiger partial charge in [-0.05, 0) is 86.4 Å². The zero-order valence-electron chi connectivity index (χ0n) is 24.8. The second-order valence-electron chi connectivity index (χ2n) is 13.7. The van der Waals surface area contributed by atoms with Crippen molar-refractivity contribution in [3.8, 4) is 0 Å². The fraction of sp³-hybridized carbons (Fsp3) is 0.529. The number of hydrogen-bond donors (Lipinski definition) is 3. The zero-order valence-corrected chi connectivity index (χ0v) is 24.8. The van der Waals surface area contributed by atoms with Crippen LogP contribution in [0.1, 0.15) is 62.6 Å². The summed E-state index contributed by atoms with van der Waals surface area (Å²) in [5, 5.41) is 21.9. The van der Waals surface area contributed by atoms with Gasteiger partial charge in [-0.15, -0.1) is 0 Å². The number of aliphatic hydroxyl groups excluding tert-OH is 2. The highest BCUT2D eigenvalue weighted by molar-refractivity contribution is 6.01. The molecule has 9 atom stereocenters. The smallest absolute Gasteiger partial charge is 0.200 e.